The molecule has 1 aliphatic heterocycles. The highest BCUT2D eigenvalue weighted by Crippen LogP contribution is 2.78. The van der Waals surface area contributed by atoms with Crippen LogP contribution in [-0.4, -0.2) is 90.7 Å². The van der Waals surface area contributed by atoms with E-state index in [0.717, 1.165) is 110 Å². The van der Waals surface area contributed by atoms with E-state index in [-0.39, 0.29) is 51.4 Å². The number of carboxylic acid groups (broad SMARTS) is 1. The van der Waals surface area contributed by atoms with Crippen LogP contribution in [0.3, 0.4) is 0 Å². The Bertz CT molecular complexity index is 1470. The molecule has 0 unspecified atom stereocenters. The summed E-state index contributed by atoms with van der Waals surface area (Å²) in [6.45, 7) is 28.4. The normalized spacial score (nSPS) is 42.1. The van der Waals surface area contributed by atoms with Crippen LogP contribution in [0, 0.1) is 56.2 Å². The van der Waals surface area contributed by atoms with Crippen molar-refractivity contribution in [3.8, 4) is 0 Å². The summed E-state index contributed by atoms with van der Waals surface area (Å²) in [6.07, 6.45) is 11.5. The van der Waals surface area contributed by atoms with Gasteiger partial charge in [0.1, 0.15) is 6.10 Å². The molecule has 9 nitrogen and oxygen atoms in total. The minimum Gasteiger partial charge on any atom is -0.481 e. The van der Waals surface area contributed by atoms with Gasteiger partial charge in [0.05, 0.1) is 11.8 Å². The number of aliphatic carboxylic acids is 1. The molecule has 306 valence electrons. The lowest BCUT2D eigenvalue weighted by atomic mass is 9.31. The fourth-order valence-corrected chi connectivity index (χ4v) is 14.6. The van der Waals surface area contributed by atoms with Gasteiger partial charge >= 0.3 is 11.9 Å². The van der Waals surface area contributed by atoms with Gasteiger partial charge in [0.25, 0.3) is 0 Å². The fraction of sp³-hybridized carbons (Fsp3) is 0.889. The Balaban J connectivity index is 1.19. The molecule has 6 rings (SSSR count). The highest BCUT2D eigenvalue weighted by Gasteiger charge is 2.74. The van der Waals surface area contributed by atoms with E-state index in [1.807, 2.05) is 0 Å². The molecule has 1 heterocycles. The number of fused-ring (bicyclic) bond motifs is 7. The van der Waals surface area contributed by atoms with Crippen LogP contribution in [-0.2, 0) is 19.1 Å². The number of likely N-dealkylation sites (N-methyl/N-ethyl adjacent to an activating group) is 1. The molecule has 6 fully saturated rings. The molecule has 0 aromatic rings. The SMILES string of the molecule is C=C(C)[C@@H]1CC[C@]2(CC(=O)NCCCN3CCN(C)CC3)CC[C@]3(C)[C@H](CC[C@@H]4[C@@]5(C)CC[C@H](OC(=O)CC(C)(C)C(=O)O)C(C)(C)[C@@H]5CC[C@]43C)[C@@]12N. The van der Waals surface area contributed by atoms with Gasteiger partial charge in [-0.15, -0.1) is 0 Å². The molecule has 0 bridgehead atoms. The summed E-state index contributed by atoms with van der Waals surface area (Å²) >= 11 is 0. The third-order valence-electron chi connectivity index (χ3n) is 18.0. The van der Waals surface area contributed by atoms with Crippen molar-refractivity contribution < 1.29 is 24.2 Å². The van der Waals surface area contributed by atoms with E-state index in [9.17, 15) is 19.5 Å². The van der Waals surface area contributed by atoms with Crippen LogP contribution < -0.4 is 11.1 Å². The molecule has 5 aliphatic carbocycles. The van der Waals surface area contributed by atoms with Crippen molar-refractivity contribution in [2.24, 2.45) is 61.9 Å². The molecule has 10 atom stereocenters. The number of hydrogen-bond acceptors (Lipinski definition) is 7. The van der Waals surface area contributed by atoms with E-state index in [1.165, 1.54) is 5.57 Å². The molecule has 1 saturated heterocycles. The summed E-state index contributed by atoms with van der Waals surface area (Å²) in [5.74, 6) is 0.245. The quantitative estimate of drug-likeness (QED) is 0.114. The smallest absolute Gasteiger partial charge is 0.309 e. The Morgan fingerprint density at radius 1 is 0.870 bits per heavy atom. The number of carbonyl (C=O) groups is 3. The van der Waals surface area contributed by atoms with Crippen molar-refractivity contribution in [3.05, 3.63) is 12.2 Å². The maximum atomic E-state index is 13.9. The van der Waals surface area contributed by atoms with Gasteiger partial charge in [0.2, 0.25) is 5.91 Å². The van der Waals surface area contributed by atoms with Crippen molar-refractivity contribution >= 4 is 17.8 Å². The number of hydrogen-bond donors (Lipinski definition) is 3. The highest BCUT2D eigenvalue weighted by atomic mass is 16.5. The number of amides is 1. The Hall–Kier alpha value is -1.97. The van der Waals surface area contributed by atoms with Crippen LogP contribution in [0.15, 0.2) is 12.2 Å². The number of nitrogens with zero attached hydrogens (tertiary/aromatic N) is 2. The third kappa shape index (κ3) is 6.60. The number of nitrogens with two attached hydrogens (primary N) is 1. The van der Waals surface area contributed by atoms with Crippen LogP contribution in [0.2, 0.25) is 0 Å². The molecule has 1 amide bonds. The van der Waals surface area contributed by atoms with Gasteiger partial charge in [0.15, 0.2) is 0 Å². The second-order valence-corrected chi connectivity index (χ2v) is 21.5. The fourth-order valence-electron chi connectivity index (χ4n) is 14.6. The summed E-state index contributed by atoms with van der Waals surface area (Å²) in [5, 5.41) is 13.0. The minimum atomic E-state index is -1.15. The zero-order valence-corrected chi connectivity index (χ0v) is 35.6. The van der Waals surface area contributed by atoms with Gasteiger partial charge in [0, 0.05) is 50.1 Å². The van der Waals surface area contributed by atoms with E-state index in [4.69, 9.17) is 10.5 Å². The average Bonchev–Trinajstić information content (AvgIpc) is 3.37. The summed E-state index contributed by atoms with van der Waals surface area (Å²) in [7, 11) is 2.19. The monoisotopic (exact) mass is 753 g/mol. The van der Waals surface area contributed by atoms with Crippen LogP contribution in [0.5, 0.6) is 0 Å². The molecule has 0 aromatic carbocycles. The maximum Gasteiger partial charge on any atom is 0.309 e. The summed E-state index contributed by atoms with van der Waals surface area (Å²) in [6, 6.07) is 0. The van der Waals surface area contributed by atoms with Crippen molar-refractivity contribution in [1.29, 1.82) is 0 Å². The number of esters is 1. The third-order valence-corrected chi connectivity index (χ3v) is 18.0. The molecular weight excluding hydrogens is 677 g/mol. The number of rotatable bonds is 11. The second-order valence-electron chi connectivity index (χ2n) is 21.5. The van der Waals surface area contributed by atoms with Crippen LogP contribution in [0.4, 0.5) is 0 Å². The van der Waals surface area contributed by atoms with E-state index >= 15 is 0 Å². The van der Waals surface area contributed by atoms with Gasteiger partial charge in [-0.1, -0.05) is 46.8 Å². The first-order valence-electron chi connectivity index (χ1n) is 21.6. The van der Waals surface area contributed by atoms with Gasteiger partial charge in [-0.25, -0.2) is 0 Å². The second kappa shape index (κ2) is 14.4. The predicted molar refractivity (Wildman–Crippen MR) is 214 cm³/mol. The molecule has 0 spiro atoms. The number of carboxylic acids is 1. The van der Waals surface area contributed by atoms with Crippen LogP contribution in [0.1, 0.15) is 139 Å². The van der Waals surface area contributed by atoms with Crippen molar-refractivity contribution in [2.45, 2.75) is 151 Å². The summed E-state index contributed by atoms with van der Waals surface area (Å²) in [4.78, 5) is 43.7. The van der Waals surface area contributed by atoms with E-state index < -0.39 is 22.9 Å². The van der Waals surface area contributed by atoms with E-state index in [2.05, 4.69) is 70.3 Å². The first-order chi connectivity index (χ1) is 25.1. The molecular formula is C45H76N4O5. The average molecular weight is 753 g/mol. The number of nitrogens with one attached hydrogen (secondary N) is 1. The standard InChI is InChI=1S/C45H76N4O5/c1-30(2)31-14-19-44(28-36(50)47-22-11-23-49-26-24-48(10)25-27-49)21-20-43(9)34(45(31,44)46)13-12-33-41(7)17-16-35(54-37(51)29-39(3,4)38(52)53)40(5,6)32(41)15-18-42(33,43)8/h31-35H,1,11-29,46H2,2-10H3,(H,47,50)(H,52,53)/t31-,32-,33+,34-,35-,41-,42+,43+,44+,45-/m0/s1. The zero-order valence-electron chi connectivity index (χ0n) is 35.6. The lowest BCUT2D eigenvalue weighted by molar-refractivity contribution is -0.253. The number of piperazine rings is 1. The first kappa shape index (κ1) is 41.7. The van der Waals surface area contributed by atoms with Crippen LogP contribution in [0.25, 0.3) is 0 Å². The number of carbonyl (C=O) groups excluding carboxylic acids is 2. The van der Waals surface area contributed by atoms with Gasteiger partial charge in [-0.2, -0.15) is 0 Å². The predicted octanol–water partition coefficient (Wildman–Crippen LogP) is 7.28. The van der Waals surface area contributed by atoms with Gasteiger partial charge < -0.3 is 30.7 Å². The van der Waals surface area contributed by atoms with Crippen molar-refractivity contribution in [2.75, 3.05) is 46.3 Å². The Morgan fingerprint density at radius 3 is 2.17 bits per heavy atom. The van der Waals surface area contributed by atoms with Crippen molar-refractivity contribution in [3.63, 3.8) is 0 Å². The molecule has 9 heteroatoms. The largest absolute Gasteiger partial charge is 0.481 e. The molecule has 54 heavy (non-hydrogen) atoms. The topological polar surface area (TPSA) is 125 Å². The lowest BCUT2D eigenvalue weighted by Crippen LogP contribution is -2.74. The van der Waals surface area contributed by atoms with E-state index in [0.29, 0.717) is 24.2 Å². The van der Waals surface area contributed by atoms with Crippen LogP contribution >= 0.6 is 0 Å². The van der Waals surface area contributed by atoms with Gasteiger partial charge in [-0.05, 0) is 150 Å². The Morgan fingerprint density at radius 2 is 1.52 bits per heavy atom. The van der Waals surface area contributed by atoms with Gasteiger partial charge in [-0.3, -0.25) is 14.4 Å². The highest BCUT2D eigenvalue weighted by molar-refractivity contribution is 5.81. The Labute approximate surface area is 327 Å². The first-order valence-corrected chi connectivity index (χ1v) is 21.6. The molecule has 4 N–H and O–H groups in total. The zero-order chi connectivity index (χ0) is 39.7. The van der Waals surface area contributed by atoms with E-state index in [1.54, 1.807) is 13.8 Å². The molecule has 0 aromatic heterocycles. The Kier molecular flexibility index (Phi) is 11.1. The lowest BCUT2D eigenvalue weighted by Gasteiger charge is -2.74. The molecule has 6 aliphatic rings. The molecule has 5 saturated carbocycles. The maximum absolute atomic E-state index is 13.9. The minimum absolute atomic E-state index is 0.0368. The summed E-state index contributed by atoms with van der Waals surface area (Å²) < 4.78 is 6.19. The summed E-state index contributed by atoms with van der Waals surface area (Å²) in [5.41, 5.74) is 7.42. The molecule has 0 radical (unpaired) electrons. The van der Waals surface area contributed by atoms with Crippen molar-refractivity contribution in [1.82, 2.24) is 15.1 Å². The number of ether oxygens (including phenoxy) is 1.